The Morgan fingerprint density at radius 2 is 1.71 bits per heavy atom. The fraction of sp³-hybridized carbons (Fsp3) is 0.143. The van der Waals surface area contributed by atoms with E-state index in [9.17, 15) is 8.42 Å². The average molecular weight is 434 g/mol. The monoisotopic (exact) mass is 432 g/mol. The van der Waals surface area contributed by atoms with Crippen LogP contribution in [0.1, 0.15) is 5.56 Å². The molecule has 2 rings (SSSR count). The first-order chi connectivity index (χ1) is 9.80. The minimum Gasteiger partial charge on any atom is -0.398 e. The molecule has 0 aliphatic heterocycles. The molecule has 4 nitrogen and oxygen atoms in total. The van der Waals surface area contributed by atoms with Crippen LogP contribution in [0.4, 0.5) is 5.69 Å². The van der Waals surface area contributed by atoms with Crippen LogP contribution in [-0.2, 0) is 16.6 Å². The number of nitrogens with zero attached hydrogens (tertiary/aromatic N) is 1. The molecular formula is C14H14Br2N2O2S. The van der Waals surface area contributed by atoms with Gasteiger partial charge in [-0.1, -0.05) is 28.1 Å². The Balaban J connectivity index is 2.25. The summed E-state index contributed by atoms with van der Waals surface area (Å²) in [5.41, 5.74) is 7.06. The SMILES string of the molecule is CN(Cc1ccc(Br)cc1)S(=O)(=O)c1ccc(Br)c(N)c1. The molecule has 0 aromatic heterocycles. The predicted octanol–water partition coefficient (Wildman–Crippen LogP) is 3.61. The smallest absolute Gasteiger partial charge is 0.243 e. The van der Waals surface area contributed by atoms with Crippen LogP contribution in [0, 0.1) is 0 Å². The van der Waals surface area contributed by atoms with Crippen LogP contribution < -0.4 is 5.73 Å². The van der Waals surface area contributed by atoms with E-state index in [2.05, 4.69) is 31.9 Å². The van der Waals surface area contributed by atoms with E-state index in [4.69, 9.17) is 5.73 Å². The van der Waals surface area contributed by atoms with Crippen molar-refractivity contribution in [3.05, 3.63) is 57.0 Å². The van der Waals surface area contributed by atoms with Crippen LogP contribution in [0.25, 0.3) is 0 Å². The molecule has 0 radical (unpaired) electrons. The van der Waals surface area contributed by atoms with E-state index in [0.29, 0.717) is 16.7 Å². The van der Waals surface area contributed by atoms with Crippen molar-refractivity contribution in [2.75, 3.05) is 12.8 Å². The van der Waals surface area contributed by atoms with Crippen LogP contribution in [0.15, 0.2) is 56.3 Å². The van der Waals surface area contributed by atoms with E-state index in [0.717, 1.165) is 10.0 Å². The van der Waals surface area contributed by atoms with Crippen LogP contribution in [0.3, 0.4) is 0 Å². The maximum atomic E-state index is 12.5. The van der Waals surface area contributed by atoms with Crippen molar-refractivity contribution in [1.82, 2.24) is 4.31 Å². The fourth-order valence-electron chi connectivity index (χ4n) is 1.79. The first-order valence-corrected chi connectivity index (χ1v) is 9.09. The zero-order valence-corrected chi connectivity index (χ0v) is 15.2. The summed E-state index contributed by atoms with van der Waals surface area (Å²) < 4.78 is 28.0. The Bertz CT molecular complexity index is 746. The van der Waals surface area contributed by atoms with E-state index in [-0.39, 0.29) is 4.90 Å². The lowest BCUT2D eigenvalue weighted by atomic mass is 10.2. The molecule has 0 aliphatic rings. The summed E-state index contributed by atoms with van der Waals surface area (Å²) in [6.45, 7) is 0.297. The van der Waals surface area contributed by atoms with Gasteiger partial charge in [0, 0.05) is 28.2 Å². The summed E-state index contributed by atoms with van der Waals surface area (Å²) in [5.74, 6) is 0. The normalized spacial score (nSPS) is 11.8. The van der Waals surface area contributed by atoms with Gasteiger partial charge in [0.25, 0.3) is 0 Å². The van der Waals surface area contributed by atoms with Crippen LogP contribution in [0.2, 0.25) is 0 Å². The van der Waals surface area contributed by atoms with Gasteiger partial charge >= 0.3 is 0 Å². The molecule has 112 valence electrons. The molecule has 2 N–H and O–H groups in total. The molecule has 0 aliphatic carbocycles. The van der Waals surface area contributed by atoms with Crippen molar-refractivity contribution < 1.29 is 8.42 Å². The molecule has 0 amide bonds. The second-order valence-corrected chi connectivity index (χ2v) is 8.39. The number of sulfonamides is 1. The van der Waals surface area contributed by atoms with Crippen molar-refractivity contribution in [1.29, 1.82) is 0 Å². The van der Waals surface area contributed by atoms with E-state index in [1.165, 1.54) is 16.4 Å². The maximum Gasteiger partial charge on any atom is 0.243 e. The first-order valence-electron chi connectivity index (χ1n) is 6.06. The van der Waals surface area contributed by atoms with Crippen LogP contribution >= 0.6 is 31.9 Å². The van der Waals surface area contributed by atoms with Crippen molar-refractivity contribution in [2.24, 2.45) is 0 Å². The highest BCUT2D eigenvalue weighted by Gasteiger charge is 2.21. The zero-order chi connectivity index (χ0) is 15.6. The largest absolute Gasteiger partial charge is 0.398 e. The Morgan fingerprint density at radius 3 is 2.29 bits per heavy atom. The Labute approximate surface area is 141 Å². The molecule has 0 atom stereocenters. The highest BCUT2D eigenvalue weighted by Crippen LogP contribution is 2.25. The van der Waals surface area contributed by atoms with E-state index in [1.807, 2.05) is 24.3 Å². The predicted molar refractivity (Wildman–Crippen MR) is 91.3 cm³/mol. The van der Waals surface area contributed by atoms with E-state index in [1.54, 1.807) is 13.1 Å². The third-order valence-electron chi connectivity index (χ3n) is 2.99. The molecule has 21 heavy (non-hydrogen) atoms. The number of anilines is 1. The second-order valence-electron chi connectivity index (χ2n) is 4.57. The molecule has 0 saturated heterocycles. The third kappa shape index (κ3) is 3.85. The summed E-state index contributed by atoms with van der Waals surface area (Å²) in [6, 6.07) is 12.2. The molecule has 7 heteroatoms. The summed E-state index contributed by atoms with van der Waals surface area (Å²) >= 11 is 6.61. The van der Waals surface area contributed by atoms with Gasteiger partial charge in [-0.2, -0.15) is 4.31 Å². The van der Waals surface area contributed by atoms with Gasteiger partial charge in [-0.3, -0.25) is 0 Å². The summed E-state index contributed by atoms with van der Waals surface area (Å²) in [4.78, 5) is 0.183. The van der Waals surface area contributed by atoms with Crippen LogP contribution in [-0.4, -0.2) is 19.8 Å². The van der Waals surface area contributed by atoms with Crippen molar-refractivity contribution >= 4 is 47.6 Å². The summed E-state index contributed by atoms with van der Waals surface area (Å²) in [5, 5.41) is 0. The zero-order valence-electron chi connectivity index (χ0n) is 11.3. The second kappa shape index (κ2) is 6.48. The summed E-state index contributed by atoms with van der Waals surface area (Å²) in [6.07, 6.45) is 0. The molecule has 0 fully saturated rings. The van der Waals surface area contributed by atoms with Crippen molar-refractivity contribution in [3.63, 3.8) is 0 Å². The minimum atomic E-state index is -3.57. The number of nitrogen functional groups attached to an aromatic ring is 1. The number of hydrogen-bond donors (Lipinski definition) is 1. The number of rotatable bonds is 4. The molecule has 0 unspecified atom stereocenters. The first kappa shape index (κ1) is 16.5. The van der Waals surface area contributed by atoms with Gasteiger partial charge in [0.15, 0.2) is 0 Å². The van der Waals surface area contributed by atoms with Crippen molar-refractivity contribution in [3.8, 4) is 0 Å². The number of benzene rings is 2. The molecule has 2 aromatic carbocycles. The third-order valence-corrected chi connectivity index (χ3v) is 6.04. The Morgan fingerprint density at radius 1 is 1.10 bits per heavy atom. The number of nitrogens with two attached hydrogens (primary N) is 1. The van der Waals surface area contributed by atoms with Gasteiger partial charge < -0.3 is 5.73 Å². The quantitative estimate of drug-likeness (QED) is 0.749. The number of hydrogen-bond acceptors (Lipinski definition) is 3. The van der Waals surface area contributed by atoms with Gasteiger partial charge in [0.05, 0.1) is 4.90 Å². The van der Waals surface area contributed by atoms with E-state index >= 15 is 0 Å². The van der Waals surface area contributed by atoms with Gasteiger partial charge in [-0.15, -0.1) is 0 Å². The molecule has 2 aromatic rings. The molecule has 0 heterocycles. The van der Waals surface area contributed by atoms with Gasteiger partial charge in [-0.05, 0) is 51.8 Å². The number of halogens is 2. The summed E-state index contributed by atoms with van der Waals surface area (Å²) in [7, 11) is -2.01. The fourth-order valence-corrected chi connectivity index (χ4v) is 3.50. The molecule has 0 saturated carbocycles. The van der Waals surface area contributed by atoms with Gasteiger partial charge in [0.2, 0.25) is 10.0 Å². The average Bonchev–Trinajstić information content (AvgIpc) is 2.44. The highest BCUT2D eigenvalue weighted by molar-refractivity contribution is 9.10. The molecule has 0 bridgehead atoms. The Kier molecular flexibility index (Phi) is 5.08. The minimum absolute atomic E-state index is 0.183. The topological polar surface area (TPSA) is 63.4 Å². The van der Waals surface area contributed by atoms with E-state index < -0.39 is 10.0 Å². The Hall–Kier alpha value is -0.890. The maximum absolute atomic E-state index is 12.5. The van der Waals surface area contributed by atoms with Crippen molar-refractivity contribution in [2.45, 2.75) is 11.4 Å². The lowest BCUT2D eigenvalue weighted by Gasteiger charge is -2.18. The molecule has 0 spiro atoms. The molecular weight excluding hydrogens is 420 g/mol. The standard InChI is InChI=1S/C14H14Br2N2O2S/c1-18(9-10-2-4-11(15)5-3-10)21(19,20)12-6-7-13(16)14(17)8-12/h2-8H,9,17H2,1H3. The lowest BCUT2D eigenvalue weighted by molar-refractivity contribution is 0.467. The van der Waals surface area contributed by atoms with Gasteiger partial charge in [0.1, 0.15) is 0 Å². The van der Waals surface area contributed by atoms with Crippen LogP contribution in [0.5, 0.6) is 0 Å². The highest BCUT2D eigenvalue weighted by atomic mass is 79.9. The lowest BCUT2D eigenvalue weighted by Crippen LogP contribution is -2.26. The van der Waals surface area contributed by atoms with Gasteiger partial charge in [-0.25, -0.2) is 8.42 Å².